The van der Waals surface area contributed by atoms with Crippen molar-refractivity contribution in [1.29, 1.82) is 0 Å². The Hall–Kier alpha value is -0.350. The van der Waals surface area contributed by atoms with Crippen molar-refractivity contribution in [2.24, 2.45) is 5.73 Å². The number of halogens is 2. The van der Waals surface area contributed by atoms with Crippen LogP contribution in [0.3, 0.4) is 0 Å². The highest BCUT2D eigenvalue weighted by atomic mass is 35.5. The van der Waals surface area contributed by atoms with Gasteiger partial charge in [0.25, 0.3) is 0 Å². The first-order valence-corrected chi connectivity index (χ1v) is 2.87. The van der Waals surface area contributed by atoms with Gasteiger partial charge in [0.2, 0.25) is 5.91 Å². The Morgan fingerprint density at radius 1 is 1.70 bits per heavy atom. The van der Waals surface area contributed by atoms with Crippen LogP contribution >= 0.6 is 12.4 Å². The summed E-state index contributed by atoms with van der Waals surface area (Å²) in [6.07, 6.45) is -0.669. The summed E-state index contributed by atoms with van der Waals surface area (Å²) in [5.74, 6) is -0.463. The second kappa shape index (κ2) is 3.73. The van der Waals surface area contributed by atoms with Crippen LogP contribution in [0, 0.1) is 0 Å². The molecule has 1 fully saturated rings. The Morgan fingerprint density at radius 3 is 2.50 bits per heavy atom. The second-order valence-corrected chi connectivity index (χ2v) is 2.20. The van der Waals surface area contributed by atoms with Crippen LogP contribution in [0.1, 0.15) is 6.42 Å². The Kier molecular flexibility index (Phi) is 3.60. The van der Waals surface area contributed by atoms with Crippen molar-refractivity contribution in [1.82, 2.24) is 5.32 Å². The number of carbonyl (C=O) groups is 1. The molecule has 1 heterocycles. The highest BCUT2D eigenvalue weighted by molar-refractivity contribution is 5.85. The lowest BCUT2D eigenvalue weighted by molar-refractivity contribution is -0.119. The minimum atomic E-state index is -0.900. The summed E-state index contributed by atoms with van der Waals surface area (Å²) in [5.41, 5.74) is 4.89. The van der Waals surface area contributed by atoms with E-state index in [1.165, 1.54) is 0 Å². The quantitative estimate of drug-likeness (QED) is 0.560. The summed E-state index contributed by atoms with van der Waals surface area (Å²) in [6.45, 7) is 0.258. The van der Waals surface area contributed by atoms with Crippen molar-refractivity contribution in [3.63, 3.8) is 0 Å². The van der Waals surface area contributed by atoms with Crippen LogP contribution in [-0.2, 0) is 4.79 Å². The van der Waals surface area contributed by atoms with Crippen LogP contribution in [0.2, 0.25) is 0 Å². The molecule has 0 aromatic carbocycles. The fourth-order valence-electron chi connectivity index (χ4n) is 0.909. The van der Waals surface area contributed by atoms with E-state index in [0.29, 0.717) is 0 Å². The summed E-state index contributed by atoms with van der Waals surface area (Å²) in [5, 5.41) is 2.66. The molecule has 10 heavy (non-hydrogen) atoms. The Morgan fingerprint density at radius 2 is 2.30 bits per heavy atom. The first-order chi connectivity index (χ1) is 4.20. The predicted molar refractivity (Wildman–Crippen MR) is 37.7 cm³/mol. The second-order valence-electron chi connectivity index (χ2n) is 2.20. The van der Waals surface area contributed by atoms with Gasteiger partial charge in [-0.05, 0) is 0 Å². The van der Waals surface area contributed by atoms with Gasteiger partial charge in [0.05, 0.1) is 6.04 Å². The lowest BCUT2D eigenvalue weighted by atomic mass is 10.2. The molecule has 1 saturated heterocycles. The molecule has 0 saturated carbocycles. The van der Waals surface area contributed by atoms with E-state index in [1.54, 1.807) is 0 Å². The van der Waals surface area contributed by atoms with E-state index in [9.17, 15) is 9.18 Å². The van der Waals surface area contributed by atoms with E-state index < -0.39 is 18.1 Å². The molecule has 1 aliphatic rings. The first-order valence-electron chi connectivity index (χ1n) is 2.87. The third-order valence-electron chi connectivity index (χ3n) is 1.42. The van der Waals surface area contributed by atoms with Crippen LogP contribution in [0.25, 0.3) is 0 Å². The summed E-state index contributed by atoms with van der Waals surface area (Å²) in [4.78, 5) is 10.3. The molecule has 1 aliphatic heterocycles. The molecule has 0 aliphatic carbocycles. The zero-order valence-corrected chi connectivity index (χ0v) is 6.16. The van der Waals surface area contributed by atoms with Crippen molar-refractivity contribution >= 4 is 18.3 Å². The van der Waals surface area contributed by atoms with Crippen LogP contribution in [0.15, 0.2) is 0 Å². The monoisotopic (exact) mass is 168 g/mol. The van der Waals surface area contributed by atoms with Crippen LogP contribution in [-0.4, -0.2) is 24.7 Å². The molecule has 0 bridgehead atoms. The Bertz CT molecular complexity index is 133. The largest absolute Gasteiger partial charge is 0.368 e. The van der Waals surface area contributed by atoms with Crippen molar-refractivity contribution in [3.05, 3.63) is 0 Å². The number of carbonyl (C=O) groups excluding carboxylic acids is 1. The summed E-state index contributed by atoms with van der Waals surface area (Å²) in [7, 11) is 0. The summed E-state index contributed by atoms with van der Waals surface area (Å²) >= 11 is 0. The highest BCUT2D eigenvalue weighted by Gasteiger charge is 2.26. The molecule has 0 spiro atoms. The molecule has 0 radical (unpaired) electrons. The number of alkyl halides is 1. The fraction of sp³-hybridized carbons (Fsp3) is 0.800. The minimum absolute atomic E-state index is 0. The smallest absolute Gasteiger partial charge is 0.234 e. The topological polar surface area (TPSA) is 55.1 Å². The number of nitrogens with one attached hydrogen (secondary N) is 1. The van der Waals surface area contributed by atoms with Gasteiger partial charge in [0, 0.05) is 13.0 Å². The van der Waals surface area contributed by atoms with E-state index in [0.717, 1.165) is 0 Å². The van der Waals surface area contributed by atoms with Gasteiger partial charge < -0.3 is 11.1 Å². The normalized spacial score (nSPS) is 31.3. The number of rotatable bonds is 1. The third-order valence-corrected chi connectivity index (χ3v) is 1.42. The van der Waals surface area contributed by atoms with Crippen molar-refractivity contribution in [2.75, 3.05) is 6.54 Å². The molecule has 1 amide bonds. The van der Waals surface area contributed by atoms with Gasteiger partial charge in [0.15, 0.2) is 0 Å². The molecule has 2 atom stereocenters. The zero-order valence-electron chi connectivity index (χ0n) is 5.34. The summed E-state index contributed by atoms with van der Waals surface area (Å²) in [6, 6.07) is -0.444. The maximum absolute atomic E-state index is 12.3. The van der Waals surface area contributed by atoms with Gasteiger partial charge in [-0.1, -0.05) is 0 Å². The van der Waals surface area contributed by atoms with Gasteiger partial charge in [-0.25, -0.2) is 4.39 Å². The van der Waals surface area contributed by atoms with Crippen molar-refractivity contribution in [3.8, 4) is 0 Å². The van der Waals surface area contributed by atoms with Crippen LogP contribution in [0.4, 0.5) is 4.39 Å². The van der Waals surface area contributed by atoms with Gasteiger partial charge in [-0.2, -0.15) is 0 Å². The lowest BCUT2D eigenvalue weighted by Gasteiger charge is -2.00. The SMILES string of the molecule is Cl.NC(=O)C1CC(F)CN1. The molecule has 60 valence electrons. The van der Waals surface area contributed by atoms with Crippen molar-refractivity contribution < 1.29 is 9.18 Å². The van der Waals surface area contributed by atoms with Crippen molar-refractivity contribution in [2.45, 2.75) is 18.6 Å². The van der Waals surface area contributed by atoms with E-state index in [-0.39, 0.29) is 25.4 Å². The molecule has 2 unspecified atom stereocenters. The molecule has 0 aromatic rings. The fourth-order valence-corrected chi connectivity index (χ4v) is 0.909. The Labute approximate surface area is 64.6 Å². The van der Waals surface area contributed by atoms with E-state index >= 15 is 0 Å². The van der Waals surface area contributed by atoms with Gasteiger partial charge in [-0.15, -0.1) is 12.4 Å². The lowest BCUT2D eigenvalue weighted by Crippen LogP contribution is -2.36. The van der Waals surface area contributed by atoms with Crippen LogP contribution < -0.4 is 11.1 Å². The zero-order chi connectivity index (χ0) is 6.85. The number of nitrogens with two attached hydrogens (primary N) is 1. The standard InChI is InChI=1S/C5H9FN2O.ClH/c6-3-1-4(5(7)9)8-2-3;/h3-4,8H,1-2H2,(H2,7,9);1H. The average molecular weight is 169 g/mol. The molecule has 3 nitrogen and oxygen atoms in total. The summed E-state index contributed by atoms with van der Waals surface area (Å²) < 4.78 is 12.3. The Balaban J connectivity index is 0.000000810. The average Bonchev–Trinajstić information content (AvgIpc) is 2.14. The molecule has 1 rings (SSSR count). The number of hydrogen-bond donors (Lipinski definition) is 2. The molecule has 5 heteroatoms. The van der Waals surface area contributed by atoms with Gasteiger partial charge in [-0.3, -0.25) is 4.79 Å². The molecular formula is C5H10ClFN2O. The predicted octanol–water partition coefficient (Wildman–Crippen LogP) is -0.407. The first kappa shape index (κ1) is 9.65. The molecule has 3 N–H and O–H groups in total. The van der Waals surface area contributed by atoms with Gasteiger partial charge >= 0.3 is 0 Å². The maximum Gasteiger partial charge on any atom is 0.234 e. The number of hydrogen-bond acceptors (Lipinski definition) is 2. The number of primary amides is 1. The minimum Gasteiger partial charge on any atom is -0.368 e. The highest BCUT2D eigenvalue weighted by Crippen LogP contribution is 2.08. The molecular weight excluding hydrogens is 159 g/mol. The third kappa shape index (κ3) is 2.11. The van der Waals surface area contributed by atoms with E-state index in [1.807, 2.05) is 0 Å². The van der Waals surface area contributed by atoms with Gasteiger partial charge in [0.1, 0.15) is 6.17 Å². The van der Waals surface area contributed by atoms with E-state index in [2.05, 4.69) is 5.32 Å². The maximum atomic E-state index is 12.3. The molecule has 0 aromatic heterocycles. The van der Waals surface area contributed by atoms with E-state index in [4.69, 9.17) is 5.73 Å². The van der Waals surface area contributed by atoms with Crippen LogP contribution in [0.5, 0.6) is 0 Å². The number of amides is 1.